The number of hydrogen-bond acceptors (Lipinski definition) is 3. The van der Waals surface area contributed by atoms with Crippen molar-refractivity contribution in [2.75, 3.05) is 13.6 Å². The second-order valence-electron chi connectivity index (χ2n) is 5.94. The Hall–Kier alpha value is -1.98. The molecule has 0 aromatic heterocycles. The summed E-state index contributed by atoms with van der Waals surface area (Å²) in [6, 6.07) is 3.39. The molecule has 1 unspecified atom stereocenters. The van der Waals surface area contributed by atoms with Crippen LogP contribution in [0.1, 0.15) is 31.2 Å². The molecule has 0 bridgehead atoms. The molecule has 6 heteroatoms. The van der Waals surface area contributed by atoms with Crippen molar-refractivity contribution in [3.05, 3.63) is 35.4 Å². The number of amides is 1. The maximum Gasteiger partial charge on any atom is 0.225 e. The monoisotopic (exact) mass is 308 g/mol. The molecule has 1 aliphatic carbocycles. The van der Waals surface area contributed by atoms with Crippen LogP contribution in [0.5, 0.6) is 0 Å². The van der Waals surface area contributed by atoms with Gasteiger partial charge in [0.05, 0.1) is 12.3 Å². The molecule has 3 rings (SSSR count). The average Bonchev–Trinajstić information content (AvgIpc) is 2.84. The Balaban J connectivity index is 1.58. The van der Waals surface area contributed by atoms with Crippen LogP contribution in [-0.2, 0) is 9.63 Å². The van der Waals surface area contributed by atoms with E-state index in [1.165, 1.54) is 12.1 Å². The zero-order valence-electron chi connectivity index (χ0n) is 12.4. The number of carbonyl (C=O) groups is 1. The van der Waals surface area contributed by atoms with E-state index < -0.39 is 11.6 Å². The number of oxime groups is 1. The van der Waals surface area contributed by atoms with Crippen LogP contribution in [0.3, 0.4) is 0 Å². The molecular formula is C16H18F2N2O2. The molecule has 0 N–H and O–H groups in total. The van der Waals surface area contributed by atoms with Crippen LogP contribution in [0.4, 0.5) is 8.78 Å². The third-order valence-electron chi connectivity index (χ3n) is 4.28. The Kier molecular flexibility index (Phi) is 4.09. The summed E-state index contributed by atoms with van der Waals surface area (Å²) in [5.74, 6) is -0.998. The van der Waals surface area contributed by atoms with Crippen LogP contribution in [0.25, 0.3) is 0 Å². The van der Waals surface area contributed by atoms with Crippen LogP contribution >= 0.6 is 0 Å². The summed E-state index contributed by atoms with van der Waals surface area (Å²) in [6.45, 7) is 0.422. The van der Waals surface area contributed by atoms with Gasteiger partial charge in [-0.05, 0) is 25.0 Å². The lowest BCUT2D eigenvalue weighted by molar-refractivity contribution is -0.138. The first-order valence-electron chi connectivity index (χ1n) is 7.47. The Morgan fingerprint density at radius 3 is 2.82 bits per heavy atom. The quantitative estimate of drug-likeness (QED) is 0.858. The summed E-state index contributed by atoms with van der Waals surface area (Å²) < 4.78 is 26.7. The Bertz CT molecular complexity index is 614. The van der Waals surface area contributed by atoms with Gasteiger partial charge in [-0.15, -0.1) is 0 Å². The molecule has 1 amide bonds. The number of halogens is 2. The summed E-state index contributed by atoms with van der Waals surface area (Å²) >= 11 is 0. The molecule has 2 aliphatic rings. The van der Waals surface area contributed by atoms with E-state index in [4.69, 9.17) is 4.84 Å². The molecule has 1 aliphatic heterocycles. The molecule has 0 spiro atoms. The largest absolute Gasteiger partial charge is 0.390 e. The smallest absolute Gasteiger partial charge is 0.225 e. The van der Waals surface area contributed by atoms with E-state index in [1.54, 1.807) is 11.9 Å². The molecule has 0 saturated heterocycles. The maximum atomic E-state index is 13.7. The van der Waals surface area contributed by atoms with E-state index in [-0.39, 0.29) is 23.5 Å². The van der Waals surface area contributed by atoms with Crippen LogP contribution < -0.4 is 0 Å². The van der Waals surface area contributed by atoms with Gasteiger partial charge in [0.2, 0.25) is 5.91 Å². The summed E-state index contributed by atoms with van der Waals surface area (Å²) in [6.07, 6.45) is 3.15. The zero-order chi connectivity index (χ0) is 15.7. The van der Waals surface area contributed by atoms with Crippen molar-refractivity contribution in [2.24, 2.45) is 11.1 Å². The number of hydrogen-bond donors (Lipinski definition) is 0. The molecule has 1 atom stereocenters. The van der Waals surface area contributed by atoms with Gasteiger partial charge in [0.25, 0.3) is 0 Å². The zero-order valence-corrected chi connectivity index (χ0v) is 12.4. The van der Waals surface area contributed by atoms with Gasteiger partial charge in [-0.2, -0.15) is 0 Å². The van der Waals surface area contributed by atoms with Gasteiger partial charge in [-0.25, -0.2) is 8.78 Å². The number of carbonyl (C=O) groups excluding carboxylic acids is 1. The normalized spacial score (nSPS) is 21.0. The summed E-state index contributed by atoms with van der Waals surface area (Å²) in [5, 5.41) is 3.89. The van der Waals surface area contributed by atoms with E-state index in [9.17, 15) is 13.6 Å². The topological polar surface area (TPSA) is 41.9 Å². The molecular weight excluding hydrogens is 290 g/mol. The van der Waals surface area contributed by atoms with E-state index in [1.807, 2.05) is 0 Å². The fourth-order valence-corrected chi connectivity index (χ4v) is 2.77. The lowest BCUT2D eigenvalue weighted by Gasteiger charge is -2.30. The van der Waals surface area contributed by atoms with Crippen LogP contribution in [0.2, 0.25) is 0 Å². The van der Waals surface area contributed by atoms with Crippen LogP contribution in [0.15, 0.2) is 23.4 Å². The van der Waals surface area contributed by atoms with E-state index >= 15 is 0 Å². The van der Waals surface area contributed by atoms with Crippen molar-refractivity contribution >= 4 is 11.6 Å². The van der Waals surface area contributed by atoms with Gasteiger partial charge < -0.3 is 9.74 Å². The molecule has 1 aromatic rings. The van der Waals surface area contributed by atoms with Crippen LogP contribution in [0, 0.1) is 17.6 Å². The van der Waals surface area contributed by atoms with E-state index in [0.717, 1.165) is 25.3 Å². The van der Waals surface area contributed by atoms with Crippen LogP contribution in [-0.4, -0.2) is 36.2 Å². The standard InChI is InChI=1S/C16H18F2N2O2/c1-20(16(21)10-3-2-4-10)9-12-8-15(19-22-12)13-6-5-11(17)7-14(13)18/h5-7,10,12H,2-4,8-9H2,1H3. The van der Waals surface area contributed by atoms with Crippen molar-refractivity contribution in [1.82, 2.24) is 4.90 Å². The van der Waals surface area contributed by atoms with Crippen molar-refractivity contribution in [3.63, 3.8) is 0 Å². The van der Waals surface area contributed by atoms with Crippen molar-refractivity contribution in [1.29, 1.82) is 0 Å². The maximum absolute atomic E-state index is 13.7. The molecule has 1 heterocycles. The summed E-state index contributed by atoms with van der Waals surface area (Å²) in [4.78, 5) is 19.0. The van der Waals surface area contributed by atoms with Crippen molar-refractivity contribution in [2.45, 2.75) is 31.8 Å². The molecule has 1 aromatic carbocycles. The molecule has 0 radical (unpaired) electrons. The second-order valence-corrected chi connectivity index (χ2v) is 5.94. The highest BCUT2D eigenvalue weighted by molar-refractivity contribution is 6.01. The number of rotatable bonds is 4. The van der Waals surface area contributed by atoms with Gasteiger partial charge in [-0.3, -0.25) is 4.79 Å². The molecule has 4 nitrogen and oxygen atoms in total. The molecule has 118 valence electrons. The van der Waals surface area contributed by atoms with Crippen molar-refractivity contribution in [3.8, 4) is 0 Å². The Morgan fingerprint density at radius 2 is 2.18 bits per heavy atom. The Labute approximate surface area is 127 Å². The number of nitrogens with zero attached hydrogens (tertiary/aromatic N) is 2. The highest BCUT2D eigenvalue weighted by Crippen LogP contribution is 2.28. The van der Waals surface area contributed by atoms with Gasteiger partial charge in [0, 0.05) is 31.0 Å². The highest BCUT2D eigenvalue weighted by atomic mass is 19.1. The number of likely N-dealkylation sites (N-methyl/N-ethyl adjacent to an activating group) is 1. The summed E-state index contributed by atoms with van der Waals surface area (Å²) in [5.41, 5.74) is 0.698. The van der Waals surface area contributed by atoms with Crippen molar-refractivity contribution < 1.29 is 18.4 Å². The van der Waals surface area contributed by atoms with Gasteiger partial charge in [-0.1, -0.05) is 11.6 Å². The highest BCUT2D eigenvalue weighted by Gasteiger charge is 2.31. The van der Waals surface area contributed by atoms with Gasteiger partial charge >= 0.3 is 0 Å². The fraction of sp³-hybridized carbons (Fsp3) is 0.500. The fourth-order valence-electron chi connectivity index (χ4n) is 2.77. The first-order chi connectivity index (χ1) is 10.5. The lowest BCUT2D eigenvalue weighted by atomic mass is 9.84. The van der Waals surface area contributed by atoms with Gasteiger partial charge in [0.1, 0.15) is 11.6 Å². The minimum absolute atomic E-state index is 0.135. The third kappa shape index (κ3) is 2.96. The Morgan fingerprint density at radius 1 is 1.41 bits per heavy atom. The van der Waals surface area contributed by atoms with E-state index in [2.05, 4.69) is 5.16 Å². The first kappa shape index (κ1) is 14.9. The SMILES string of the molecule is CN(CC1CC(c2ccc(F)cc2F)=NO1)C(=O)C1CCC1. The minimum Gasteiger partial charge on any atom is -0.390 e. The second kappa shape index (κ2) is 6.02. The van der Waals surface area contributed by atoms with E-state index in [0.29, 0.717) is 18.7 Å². The lowest BCUT2D eigenvalue weighted by Crippen LogP contribution is -2.40. The third-order valence-corrected chi connectivity index (χ3v) is 4.28. The van der Waals surface area contributed by atoms with Gasteiger partial charge in [0.15, 0.2) is 6.10 Å². The molecule has 22 heavy (non-hydrogen) atoms. The number of benzene rings is 1. The first-order valence-corrected chi connectivity index (χ1v) is 7.47. The predicted molar refractivity (Wildman–Crippen MR) is 77.4 cm³/mol. The minimum atomic E-state index is -0.651. The average molecular weight is 308 g/mol. The molecule has 1 fully saturated rings. The predicted octanol–water partition coefficient (Wildman–Crippen LogP) is 2.72. The summed E-state index contributed by atoms with van der Waals surface area (Å²) in [7, 11) is 1.75. The molecule has 1 saturated carbocycles.